The van der Waals surface area contributed by atoms with Crippen molar-refractivity contribution in [1.29, 1.82) is 0 Å². The van der Waals surface area contributed by atoms with Crippen LogP contribution in [-0.2, 0) is 0 Å². The van der Waals surface area contributed by atoms with Crippen molar-refractivity contribution in [3.05, 3.63) is 53.9 Å². The third-order valence-electron chi connectivity index (χ3n) is 4.04. The second-order valence-corrected chi connectivity index (χ2v) is 5.31. The summed E-state index contributed by atoms with van der Waals surface area (Å²) in [6.45, 7) is 5.35. The Morgan fingerprint density at radius 1 is 1.55 bits per heavy atom. The second kappa shape index (κ2) is 6.71. The van der Waals surface area contributed by atoms with Crippen molar-refractivity contribution in [2.24, 2.45) is 11.7 Å². The van der Waals surface area contributed by atoms with Gasteiger partial charge in [-0.1, -0.05) is 31.7 Å². The molecule has 2 rings (SSSR count). The monoisotopic (exact) mass is 274 g/mol. The van der Waals surface area contributed by atoms with Crippen LogP contribution in [0.2, 0.25) is 0 Å². The Hall–Kier alpha value is -1.61. The highest BCUT2D eigenvalue weighted by Gasteiger charge is 2.21. The summed E-state index contributed by atoms with van der Waals surface area (Å²) < 4.78 is 12.8. The first-order chi connectivity index (χ1) is 9.69. The highest BCUT2D eigenvalue weighted by atomic mass is 19.1. The number of alkyl halides is 1. The standard InChI is InChI=1S/C17H23FN2/c1-3-14-9-10-17(20-14)13-7-5-12(6-8-13)15(4-2)16(19)11-18/h3,5-7,9-10,13,15-16,20H,1,4,8,11,19H2,2H3. The Kier molecular flexibility index (Phi) is 4.96. The summed E-state index contributed by atoms with van der Waals surface area (Å²) >= 11 is 0. The largest absolute Gasteiger partial charge is 0.358 e. The molecule has 0 bridgehead atoms. The van der Waals surface area contributed by atoms with Crippen molar-refractivity contribution >= 4 is 6.08 Å². The highest BCUT2D eigenvalue weighted by Crippen LogP contribution is 2.31. The molecule has 2 nitrogen and oxygen atoms in total. The first-order valence-corrected chi connectivity index (χ1v) is 7.20. The van der Waals surface area contributed by atoms with Gasteiger partial charge >= 0.3 is 0 Å². The van der Waals surface area contributed by atoms with Crippen molar-refractivity contribution < 1.29 is 4.39 Å². The molecule has 1 aromatic heterocycles. The Bertz CT molecular complexity index is 513. The van der Waals surface area contributed by atoms with Crippen LogP contribution in [0, 0.1) is 5.92 Å². The molecule has 0 amide bonds. The molecule has 108 valence electrons. The zero-order chi connectivity index (χ0) is 14.5. The van der Waals surface area contributed by atoms with E-state index in [2.05, 4.69) is 42.8 Å². The number of allylic oxidation sites excluding steroid dienone is 3. The average Bonchev–Trinajstić information content (AvgIpc) is 2.97. The van der Waals surface area contributed by atoms with Gasteiger partial charge in [-0.2, -0.15) is 0 Å². The quantitative estimate of drug-likeness (QED) is 0.810. The zero-order valence-electron chi connectivity index (χ0n) is 12.0. The Labute approximate surface area is 120 Å². The van der Waals surface area contributed by atoms with Gasteiger partial charge in [0.1, 0.15) is 6.67 Å². The van der Waals surface area contributed by atoms with Crippen LogP contribution in [0.5, 0.6) is 0 Å². The van der Waals surface area contributed by atoms with Crippen LogP contribution in [0.1, 0.15) is 37.1 Å². The SMILES string of the molecule is C=Cc1ccc(C2C=CC(C(CC)C(N)CF)=CC2)[nH]1. The molecule has 1 aliphatic rings. The Morgan fingerprint density at radius 3 is 2.85 bits per heavy atom. The van der Waals surface area contributed by atoms with Crippen LogP contribution >= 0.6 is 0 Å². The van der Waals surface area contributed by atoms with E-state index in [1.165, 1.54) is 11.3 Å². The summed E-state index contributed by atoms with van der Waals surface area (Å²) in [5.74, 6) is 0.469. The van der Waals surface area contributed by atoms with Crippen molar-refractivity contribution in [3.8, 4) is 0 Å². The molecule has 0 spiro atoms. The van der Waals surface area contributed by atoms with Gasteiger partial charge in [-0.05, 0) is 36.6 Å². The summed E-state index contributed by atoms with van der Waals surface area (Å²) in [6, 6.07) is 3.73. The summed E-state index contributed by atoms with van der Waals surface area (Å²) in [5.41, 5.74) is 9.25. The topological polar surface area (TPSA) is 41.8 Å². The number of aromatic amines is 1. The molecule has 0 radical (unpaired) electrons. The number of aromatic nitrogens is 1. The fraction of sp³-hybridized carbons (Fsp3) is 0.412. The molecule has 1 heterocycles. The van der Waals surface area contributed by atoms with Crippen LogP contribution < -0.4 is 5.73 Å². The molecule has 1 aliphatic carbocycles. The lowest BCUT2D eigenvalue weighted by molar-refractivity contribution is 0.357. The normalized spacial score (nSPS) is 21.4. The van der Waals surface area contributed by atoms with E-state index in [-0.39, 0.29) is 5.92 Å². The maximum absolute atomic E-state index is 12.8. The molecule has 0 saturated carbocycles. The third kappa shape index (κ3) is 3.10. The third-order valence-corrected chi connectivity index (χ3v) is 4.04. The number of nitrogens with two attached hydrogens (primary N) is 1. The Balaban J connectivity index is 2.06. The number of H-pyrrole nitrogens is 1. The first-order valence-electron chi connectivity index (χ1n) is 7.20. The van der Waals surface area contributed by atoms with E-state index in [0.717, 1.165) is 18.5 Å². The van der Waals surface area contributed by atoms with Gasteiger partial charge in [0.05, 0.1) is 0 Å². The first kappa shape index (κ1) is 14.8. The lowest BCUT2D eigenvalue weighted by Gasteiger charge is -2.25. The van der Waals surface area contributed by atoms with Crippen LogP contribution in [0.3, 0.4) is 0 Å². The van der Waals surface area contributed by atoms with Crippen LogP contribution in [0.4, 0.5) is 4.39 Å². The number of nitrogens with one attached hydrogen (secondary N) is 1. The van der Waals surface area contributed by atoms with Gasteiger partial charge in [0.2, 0.25) is 0 Å². The van der Waals surface area contributed by atoms with Crippen molar-refractivity contribution in [1.82, 2.24) is 4.98 Å². The van der Waals surface area contributed by atoms with E-state index in [1.807, 2.05) is 12.1 Å². The highest BCUT2D eigenvalue weighted by molar-refractivity contribution is 5.44. The van der Waals surface area contributed by atoms with Crippen LogP contribution in [0.15, 0.2) is 42.5 Å². The smallest absolute Gasteiger partial charge is 0.105 e. The average molecular weight is 274 g/mol. The number of hydrogen-bond donors (Lipinski definition) is 2. The van der Waals surface area contributed by atoms with Crippen molar-refractivity contribution in [2.45, 2.75) is 31.7 Å². The molecule has 3 N–H and O–H groups in total. The minimum absolute atomic E-state index is 0.115. The number of rotatable bonds is 6. The fourth-order valence-corrected chi connectivity index (χ4v) is 2.80. The van der Waals surface area contributed by atoms with Gasteiger partial charge < -0.3 is 10.7 Å². The molecule has 0 aliphatic heterocycles. The molecule has 0 aromatic carbocycles. The molecular weight excluding hydrogens is 251 g/mol. The summed E-state index contributed by atoms with van der Waals surface area (Å²) in [5, 5.41) is 0. The number of hydrogen-bond acceptors (Lipinski definition) is 1. The van der Waals surface area contributed by atoms with Crippen molar-refractivity contribution in [2.75, 3.05) is 6.67 Å². The van der Waals surface area contributed by atoms with Crippen LogP contribution in [0.25, 0.3) is 6.08 Å². The van der Waals surface area contributed by atoms with E-state index in [1.54, 1.807) is 0 Å². The summed E-state index contributed by atoms with van der Waals surface area (Å²) in [6.07, 6.45) is 10.1. The second-order valence-electron chi connectivity index (χ2n) is 5.31. The van der Waals surface area contributed by atoms with Gasteiger partial charge in [0, 0.05) is 29.3 Å². The van der Waals surface area contributed by atoms with Gasteiger partial charge in [0.15, 0.2) is 0 Å². The maximum atomic E-state index is 12.8. The molecule has 3 atom stereocenters. The number of halogens is 1. The van der Waals surface area contributed by atoms with E-state index in [9.17, 15) is 4.39 Å². The lowest BCUT2D eigenvalue weighted by Crippen LogP contribution is -2.33. The molecular formula is C17H23FN2. The van der Waals surface area contributed by atoms with Gasteiger partial charge in [-0.15, -0.1) is 0 Å². The summed E-state index contributed by atoms with van der Waals surface area (Å²) in [7, 11) is 0. The molecule has 0 fully saturated rings. The molecule has 20 heavy (non-hydrogen) atoms. The molecule has 3 heteroatoms. The van der Waals surface area contributed by atoms with Crippen molar-refractivity contribution in [3.63, 3.8) is 0 Å². The Morgan fingerprint density at radius 2 is 2.35 bits per heavy atom. The predicted molar refractivity (Wildman–Crippen MR) is 83.2 cm³/mol. The minimum Gasteiger partial charge on any atom is -0.358 e. The van der Waals surface area contributed by atoms with E-state index in [4.69, 9.17) is 5.73 Å². The molecule has 3 unspecified atom stereocenters. The molecule has 0 saturated heterocycles. The van der Waals surface area contributed by atoms with Gasteiger partial charge in [0.25, 0.3) is 0 Å². The minimum atomic E-state index is -0.466. The van der Waals surface area contributed by atoms with Gasteiger partial charge in [-0.3, -0.25) is 0 Å². The lowest BCUT2D eigenvalue weighted by atomic mass is 9.84. The maximum Gasteiger partial charge on any atom is 0.105 e. The predicted octanol–water partition coefficient (Wildman–Crippen LogP) is 3.95. The van der Waals surface area contributed by atoms with E-state index in [0.29, 0.717) is 5.92 Å². The fourth-order valence-electron chi connectivity index (χ4n) is 2.80. The van der Waals surface area contributed by atoms with Gasteiger partial charge in [-0.25, -0.2) is 4.39 Å². The zero-order valence-corrected chi connectivity index (χ0v) is 12.0. The van der Waals surface area contributed by atoms with Crippen LogP contribution in [-0.4, -0.2) is 17.7 Å². The van der Waals surface area contributed by atoms with E-state index >= 15 is 0 Å². The molecule has 1 aromatic rings. The summed E-state index contributed by atoms with van der Waals surface area (Å²) in [4.78, 5) is 3.34. The van der Waals surface area contributed by atoms with E-state index < -0.39 is 12.7 Å².